The summed E-state index contributed by atoms with van der Waals surface area (Å²) in [4.78, 5) is 4.02. The summed E-state index contributed by atoms with van der Waals surface area (Å²) in [6, 6.07) is 3.90. The second kappa shape index (κ2) is 5.74. The van der Waals surface area contributed by atoms with Crippen molar-refractivity contribution in [2.24, 2.45) is 12.5 Å². The van der Waals surface area contributed by atoms with Crippen LogP contribution in [0.15, 0.2) is 29.7 Å². The number of pyridine rings is 1. The number of rotatable bonds is 4. The largest absolute Gasteiger partial charge is 0.305 e. The maximum atomic E-state index is 4.27. The Balaban J connectivity index is 2.07. The summed E-state index contributed by atoms with van der Waals surface area (Å²) in [5.41, 5.74) is 1.41. The minimum atomic E-state index is 0.361. The third kappa shape index (κ3) is 3.80. The van der Waals surface area contributed by atoms with E-state index in [0.717, 1.165) is 28.7 Å². The van der Waals surface area contributed by atoms with E-state index in [1.165, 1.54) is 0 Å². The Hall–Kier alpha value is -1.36. The molecule has 4 nitrogen and oxygen atoms in total. The van der Waals surface area contributed by atoms with E-state index < -0.39 is 0 Å². The predicted molar refractivity (Wildman–Crippen MR) is 79.0 cm³/mol. The molecule has 0 unspecified atom stereocenters. The lowest BCUT2D eigenvalue weighted by atomic mass is 9.94. The molecule has 0 aliphatic heterocycles. The van der Waals surface area contributed by atoms with Crippen molar-refractivity contribution in [2.45, 2.75) is 32.3 Å². The van der Waals surface area contributed by atoms with Crippen molar-refractivity contribution < 1.29 is 0 Å². The third-order valence-corrected chi connectivity index (χ3v) is 3.88. The van der Waals surface area contributed by atoms with Crippen LogP contribution in [-0.2, 0) is 7.05 Å². The molecule has 0 bridgehead atoms. The molecule has 19 heavy (non-hydrogen) atoms. The molecule has 2 rings (SSSR count). The topological polar surface area (TPSA) is 43.6 Å². The number of hydrogen-bond acceptors (Lipinski definition) is 4. The average molecular weight is 276 g/mol. The number of nitrogens with zero attached hydrogens (tertiary/aromatic N) is 4. The van der Waals surface area contributed by atoms with Gasteiger partial charge in [0.25, 0.3) is 0 Å². The molecule has 0 saturated carbocycles. The molecular weight excluding hydrogens is 256 g/mol. The van der Waals surface area contributed by atoms with Crippen LogP contribution < -0.4 is 0 Å². The molecule has 0 amide bonds. The van der Waals surface area contributed by atoms with Gasteiger partial charge in [-0.1, -0.05) is 32.5 Å². The van der Waals surface area contributed by atoms with E-state index in [-0.39, 0.29) is 0 Å². The molecule has 0 atom stereocenters. The zero-order chi connectivity index (χ0) is 13.9. The molecule has 0 aliphatic carbocycles. The fourth-order valence-electron chi connectivity index (χ4n) is 1.64. The first-order valence-corrected chi connectivity index (χ1v) is 7.38. The summed E-state index contributed by atoms with van der Waals surface area (Å²) in [5.74, 6) is 1.95. The second-order valence-electron chi connectivity index (χ2n) is 5.76. The fourth-order valence-corrected chi connectivity index (χ4v) is 2.92. The lowest BCUT2D eigenvalue weighted by Gasteiger charge is -2.16. The van der Waals surface area contributed by atoms with Crippen molar-refractivity contribution in [1.82, 2.24) is 19.7 Å². The molecule has 0 radical (unpaired) electrons. The van der Waals surface area contributed by atoms with Crippen molar-refractivity contribution in [2.75, 3.05) is 5.75 Å². The molecule has 0 N–H and O–H groups in total. The minimum absolute atomic E-state index is 0.361. The molecule has 5 heteroatoms. The highest BCUT2D eigenvalue weighted by atomic mass is 32.2. The van der Waals surface area contributed by atoms with E-state index in [1.54, 1.807) is 24.2 Å². The van der Waals surface area contributed by atoms with Crippen LogP contribution in [0.2, 0.25) is 0 Å². The highest BCUT2D eigenvalue weighted by molar-refractivity contribution is 7.99. The highest BCUT2D eigenvalue weighted by Crippen LogP contribution is 2.26. The molecular formula is C14H20N4S. The van der Waals surface area contributed by atoms with Crippen molar-refractivity contribution in [1.29, 1.82) is 0 Å². The first-order chi connectivity index (χ1) is 8.97. The molecule has 2 heterocycles. The molecule has 0 fully saturated rings. The van der Waals surface area contributed by atoms with Crippen LogP contribution in [0.1, 0.15) is 27.2 Å². The fraction of sp³-hybridized carbons (Fsp3) is 0.500. The summed E-state index contributed by atoms with van der Waals surface area (Å²) in [7, 11) is 2.01. The van der Waals surface area contributed by atoms with Crippen molar-refractivity contribution >= 4 is 11.8 Å². The van der Waals surface area contributed by atoms with Crippen LogP contribution in [-0.4, -0.2) is 25.5 Å². The van der Waals surface area contributed by atoms with Gasteiger partial charge < -0.3 is 4.57 Å². The van der Waals surface area contributed by atoms with Crippen molar-refractivity contribution in [3.8, 4) is 11.4 Å². The van der Waals surface area contributed by atoms with Crippen LogP contribution in [0.5, 0.6) is 0 Å². The summed E-state index contributed by atoms with van der Waals surface area (Å²) in [6.45, 7) is 6.77. The van der Waals surface area contributed by atoms with Gasteiger partial charge in [0.1, 0.15) is 0 Å². The highest BCUT2D eigenvalue weighted by Gasteiger charge is 2.13. The Bertz CT molecular complexity index is 528. The standard InChI is InChI=1S/C14H20N4S/c1-14(2,3)7-10-19-13-17-16-12(18(13)4)11-5-8-15-9-6-11/h5-6,8-9H,7,10H2,1-4H3. The van der Waals surface area contributed by atoms with Crippen molar-refractivity contribution in [3.63, 3.8) is 0 Å². The van der Waals surface area contributed by atoms with E-state index in [1.807, 2.05) is 23.7 Å². The van der Waals surface area contributed by atoms with Gasteiger partial charge in [-0.2, -0.15) is 0 Å². The molecule has 0 saturated heterocycles. The Kier molecular flexibility index (Phi) is 4.24. The summed E-state index contributed by atoms with van der Waals surface area (Å²) in [5, 5.41) is 9.50. The average Bonchev–Trinajstić information content (AvgIpc) is 2.71. The first kappa shape index (κ1) is 14.1. The van der Waals surface area contributed by atoms with E-state index >= 15 is 0 Å². The van der Waals surface area contributed by atoms with Crippen LogP contribution in [0, 0.1) is 5.41 Å². The second-order valence-corrected chi connectivity index (χ2v) is 6.82. The van der Waals surface area contributed by atoms with Gasteiger partial charge in [-0.25, -0.2) is 0 Å². The van der Waals surface area contributed by atoms with Crippen LogP contribution in [0.25, 0.3) is 11.4 Å². The molecule has 102 valence electrons. The van der Waals surface area contributed by atoms with Crippen LogP contribution >= 0.6 is 11.8 Å². The quantitative estimate of drug-likeness (QED) is 0.803. The summed E-state index contributed by atoms with van der Waals surface area (Å²) >= 11 is 1.76. The zero-order valence-electron chi connectivity index (χ0n) is 11.9. The van der Waals surface area contributed by atoms with Gasteiger partial charge in [-0.15, -0.1) is 10.2 Å². The third-order valence-electron chi connectivity index (χ3n) is 2.86. The molecule has 2 aromatic rings. The van der Waals surface area contributed by atoms with Gasteiger partial charge in [0.2, 0.25) is 0 Å². The van der Waals surface area contributed by atoms with E-state index in [2.05, 4.69) is 36.0 Å². The lowest BCUT2D eigenvalue weighted by molar-refractivity contribution is 0.401. The predicted octanol–water partition coefficient (Wildman–Crippen LogP) is 3.41. The normalized spacial score (nSPS) is 11.8. The lowest BCUT2D eigenvalue weighted by Crippen LogP contribution is -2.06. The number of aromatic nitrogens is 4. The van der Waals surface area contributed by atoms with Crippen LogP contribution in [0.4, 0.5) is 0 Å². The molecule has 2 aromatic heterocycles. The van der Waals surface area contributed by atoms with Gasteiger partial charge in [0.05, 0.1) is 0 Å². The molecule has 0 aromatic carbocycles. The van der Waals surface area contributed by atoms with Gasteiger partial charge in [0, 0.05) is 30.8 Å². The first-order valence-electron chi connectivity index (χ1n) is 6.40. The molecule has 0 spiro atoms. The number of hydrogen-bond donors (Lipinski definition) is 0. The maximum absolute atomic E-state index is 4.27. The Morgan fingerprint density at radius 2 is 1.84 bits per heavy atom. The Morgan fingerprint density at radius 1 is 1.16 bits per heavy atom. The maximum Gasteiger partial charge on any atom is 0.191 e. The van der Waals surface area contributed by atoms with Gasteiger partial charge in [-0.05, 0) is 24.0 Å². The smallest absolute Gasteiger partial charge is 0.191 e. The van der Waals surface area contributed by atoms with Crippen LogP contribution in [0.3, 0.4) is 0 Å². The SMILES string of the molecule is Cn1c(SCCC(C)(C)C)nnc1-c1ccncc1. The summed E-state index contributed by atoms with van der Waals surface area (Å²) < 4.78 is 2.04. The zero-order valence-corrected chi connectivity index (χ0v) is 12.7. The van der Waals surface area contributed by atoms with Gasteiger partial charge >= 0.3 is 0 Å². The Morgan fingerprint density at radius 3 is 2.47 bits per heavy atom. The Labute approximate surface area is 118 Å². The minimum Gasteiger partial charge on any atom is -0.305 e. The molecule has 0 aliphatic rings. The van der Waals surface area contributed by atoms with E-state index in [4.69, 9.17) is 0 Å². The van der Waals surface area contributed by atoms with Gasteiger partial charge in [-0.3, -0.25) is 4.98 Å². The van der Waals surface area contributed by atoms with E-state index in [9.17, 15) is 0 Å². The van der Waals surface area contributed by atoms with E-state index in [0.29, 0.717) is 5.41 Å². The number of thioether (sulfide) groups is 1. The van der Waals surface area contributed by atoms with Gasteiger partial charge in [0.15, 0.2) is 11.0 Å². The van der Waals surface area contributed by atoms with Crippen molar-refractivity contribution in [3.05, 3.63) is 24.5 Å². The summed E-state index contributed by atoms with van der Waals surface area (Å²) in [6.07, 6.45) is 4.71. The monoisotopic (exact) mass is 276 g/mol.